The average molecular weight is 247 g/mol. The van der Waals surface area contributed by atoms with Crippen LogP contribution in [0.3, 0.4) is 0 Å². The van der Waals surface area contributed by atoms with E-state index >= 15 is 0 Å². The van der Waals surface area contributed by atoms with Crippen molar-refractivity contribution in [3.8, 4) is 0 Å². The van der Waals surface area contributed by atoms with E-state index in [4.69, 9.17) is 5.11 Å². The summed E-state index contributed by atoms with van der Waals surface area (Å²) in [5.74, 6) is 0.546. The molecule has 0 saturated heterocycles. The van der Waals surface area contributed by atoms with E-state index in [9.17, 15) is 0 Å². The maximum Gasteiger partial charge on any atom is 0.0459 e. The Morgan fingerprint density at radius 3 is 2.22 bits per heavy atom. The smallest absolute Gasteiger partial charge is 0.0459 e. The number of aliphatic hydroxyl groups is 1. The van der Waals surface area contributed by atoms with Crippen LogP contribution in [0.15, 0.2) is 18.2 Å². The lowest BCUT2D eigenvalue weighted by Gasteiger charge is -2.28. The summed E-state index contributed by atoms with van der Waals surface area (Å²) in [6.45, 7) is 5.65. The Morgan fingerprint density at radius 2 is 1.67 bits per heavy atom. The fourth-order valence-electron chi connectivity index (χ4n) is 2.98. The monoisotopic (exact) mass is 247 g/mol. The summed E-state index contributed by atoms with van der Waals surface area (Å²) in [4.78, 5) is 0. The van der Waals surface area contributed by atoms with E-state index in [-0.39, 0.29) is 0 Å². The molecule has 1 aromatic rings. The summed E-state index contributed by atoms with van der Waals surface area (Å²) in [6, 6.07) is 7.38. The van der Waals surface area contributed by atoms with Crippen molar-refractivity contribution in [2.75, 3.05) is 6.61 Å². The summed E-state index contributed by atoms with van der Waals surface area (Å²) in [5, 5.41) is 12.8. The standard InChI is InChI=1S/C16H25NO/c1-12-7-13(2)9-15(8-12)10-17-16-5-3-14(11-18)4-6-16/h7-9,14,16-18H,3-6,10-11H2,1-2H3. The second-order valence-electron chi connectivity index (χ2n) is 5.78. The van der Waals surface area contributed by atoms with Crippen LogP contribution in [0, 0.1) is 19.8 Å². The van der Waals surface area contributed by atoms with Crippen LogP contribution in [0.2, 0.25) is 0 Å². The van der Waals surface area contributed by atoms with Crippen LogP contribution in [0.5, 0.6) is 0 Å². The third-order valence-corrected chi connectivity index (χ3v) is 3.98. The molecule has 2 rings (SSSR count). The van der Waals surface area contributed by atoms with Gasteiger partial charge < -0.3 is 10.4 Å². The maximum absolute atomic E-state index is 9.13. The van der Waals surface area contributed by atoms with Gasteiger partial charge in [-0.15, -0.1) is 0 Å². The lowest BCUT2D eigenvalue weighted by molar-refractivity contribution is 0.175. The quantitative estimate of drug-likeness (QED) is 0.857. The molecule has 0 aliphatic heterocycles. The molecule has 2 nitrogen and oxygen atoms in total. The summed E-state index contributed by atoms with van der Waals surface area (Å²) < 4.78 is 0. The Morgan fingerprint density at radius 1 is 1.06 bits per heavy atom. The van der Waals surface area contributed by atoms with Crippen LogP contribution in [0.4, 0.5) is 0 Å². The highest BCUT2D eigenvalue weighted by atomic mass is 16.3. The van der Waals surface area contributed by atoms with Crippen molar-refractivity contribution in [2.45, 2.75) is 52.1 Å². The van der Waals surface area contributed by atoms with Gasteiger partial charge in [0.05, 0.1) is 0 Å². The van der Waals surface area contributed by atoms with Gasteiger partial charge in [0.15, 0.2) is 0 Å². The van der Waals surface area contributed by atoms with E-state index in [0.717, 1.165) is 6.54 Å². The van der Waals surface area contributed by atoms with Gasteiger partial charge >= 0.3 is 0 Å². The van der Waals surface area contributed by atoms with Crippen LogP contribution in [-0.2, 0) is 6.54 Å². The number of aliphatic hydroxyl groups excluding tert-OH is 1. The van der Waals surface area contributed by atoms with Crippen molar-refractivity contribution >= 4 is 0 Å². The van der Waals surface area contributed by atoms with Gasteiger partial charge in [-0.3, -0.25) is 0 Å². The van der Waals surface area contributed by atoms with Crippen LogP contribution >= 0.6 is 0 Å². The van der Waals surface area contributed by atoms with Crippen molar-refractivity contribution in [1.29, 1.82) is 0 Å². The van der Waals surface area contributed by atoms with E-state index in [1.54, 1.807) is 0 Å². The zero-order valence-corrected chi connectivity index (χ0v) is 11.6. The van der Waals surface area contributed by atoms with Crippen LogP contribution < -0.4 is 5.32 Å². The average Bonchev–Trinajstić information content (AvgIpc) is 2.36. The molecule has 100 valence electrons. The second kappa shape index (κ2) is 6.35. The SMILES string of the molecule is Cc1cc(C)cc(CNC2CCC(CO)CC2)c1. The molecule has 0 aromatic heterocycles. The molecule has 1 saturated carbocycles. The molecule has 0 amide bonds. The summed E-state index contributed by atoms with van der Waals surface area (Å²) >= 11 is 0. The zero-order chi connectivity index (χ0) is 13.0. The van der Waals surface area contributed by atoms with E-state index in [2.05, 4.69) is 37.4 Å². The topological polar surface area (TPSA) is 32.3 Å². The lowest BCUT2D eigenvalue weighted by Crippen LogP contribution is -2.33. The number of hydrogen-bond acceptors (Lipinski definition) is 2. The van der Waals surface area contributed by atoms with Crippen molar-refractivity contribution < 1.29 is 5.11 Å². The van der Waals surface area contributed by atoms with E-state index in [1.165, 1.54) is 42.4 Å². The van der Waals surface area contributed by atoms with Crippen molar-refractivity contribution in [2.24, 2.45) is 5.92 Å². The van der Waals surface area contributed by atoms with E-state index < -0.39 is 0 Å². The van der Waals surface area contributed by atoms with E-state index in [0.29, 0.717) is 18.6 Å². The molecule has 0 heterocycles. The molecule has 2 heteroatoms. The van der Waals surface area contributed by atoms with Crippen molar-refractivity contribution in [1.82, 2.24) is 5.32 Å². The van der Waals surface area contributed by atoms with Gasteiger partial charge in [0.2, 0.25) is 0 Å². The molecule has 0 bridgehead atoms. The molecule has 0 spiro atoms. The molecular formula is C16H25NO. The minimum Gasteiger partial charge on any atom is -0.396 e. The van der Waals surface area contributed by atoms with Crippen molar-refractivity contribution in [3.05, 3.63) is 34.9 Å². The molecular weight excluding hydrogens is 222 g/mol. The van der Waals surface area contributed by atoms with Gasteiger partial charge in [-0.25, -0.2) is 0 Å². The van der Waals surface area contributed by atoms with Gasteiger partial charge in [-0.05, 0) is 51.0 Å². The number of benzene rings is 1. The minimum atomic E-state index is 0.365. The molecule has 0 radical (unpaired) electrons. The third kappa shape index (κ3) is 3.82. The number of nitrogens with one attached hydrogen (secondary N) is 1. The predicted octanol–water partition coefficient (Wildman–Crippen LogP) is 2.94. The highest BCUT2D eigenvalue weighted by Gasteiger charge is 2.19. The molecule has 2 N–H and O–H groups in total. The Bertz CT molecular complexity index is 360. The van der Waals surface area contributed by atoms with Crippen molar-refractivity contribution in [3.63, 3.8) is 0 Å². The third-order valence-electron chi connectivity index (χ3n) is 3.98. The number of hydrogen-bond donors (Lipinski definition) is 2. The Labute approximate surface area is 110 Å². The largest absolute Gasteiger partial charge is 0.396 e. The van der Waals surface area contributed by atoms with Crippen LogP contribution in [0.25, 0.3) is 0 Å². The first-order valence-corrected chi connectivity index (χ1v) is 7.09. The minimum absolute atomic E-state index is 0.365. The lowest BCUT2D eigenvalue weighted by atomic mass is 9.86. The first kappa shape index (κ1) is 13.6. The number of rotatable bonds is 4. The molecule has 0 unspecified atom stereocenters. The normalized spacial score (nSPS) is 24.2. The van der Waals surface area contributed by atoms with Crippen LogP contribution in [-0.4, -0.2) is 17.8 Å². The molecule has 1 aromatic carbocycles. The van der Waals surface area contributed by atoms with E-state index in [1.807, 2.05) is 0 Å². The predicted molar refractivity (Wildman–Crippen MR) is 75.6 cm³/mol. The second-order valence-corrected chi connectivity index (χ2v) is 5.78. The van der Waals surface area contributed by atoms with Crippen LogP contribution in [0.1, 0.15) is 42.4 Å². The van der Waals surface area contributed by atoms with Gasteiger partial charge in [0.1, 0.15) is 0 Å². The van der Waals surface area contributed by atoms with Gasteiger partial charge in [0.25, 0.3) is 0 Å². The summed E-state index contributed by atoms with van der Waals surface area (Å²) in [7, 11) is 0. The molecule has 1 aliphatic carbocycles. The van der Waals surface area contributed by atoms with Gasteiger partial charge in [-0.2, -0.15) is 0 Å². The van der Waals surface area contributed by atoms with Gasteiger partial charge in [0, 0.05) is 19.2 Å². The molecule has 1 aliphatic rings. The molecule has 0 atom stereocenters. The zero-order valence-electron chi connectivity index (χ0n) is 11.6. The molecule has 18 heavy (non-hydrogen) atoms. The fraction of sp³-hybridized carbons (Fsp3) is 0.625. The van der Waals surface area contributed by atoms with Gasteiger partial charge in [-0.1, -0.05) is 29.3 Å². The Hall–Kier alpha value is -0.860. The fourth-order valence-corrected chi connectivity index (χ4v) is 2.98. The Balaban J connectivity index is 1.81. The maximum atomic E-state index is 9.13. The first-order valence-electron chi connectivity index (χ1n) is 7.09. The highest BCUT2D eigenvalue weighted by molar-refractivity contribution is 5.28. The molecule has 1 fully saturated rings. The Kier molecular flexibility index (Phi) is 4.79. The first-order chi connectivity index (χ1) is 8.67. The summed E-state index contributed by atoms with van der Waals surface area (Å²) in [6.07, 6.45) is 4.74. The highest BCUT2D eigenvalue weighted by Crippen LogP contribution is 2.24. The summed E-state index contributed by atoms with van der Waals surface area (Å²) in [5.41, 5.74) is 4.07. The number of aryl methyl sites for hydroxylation is 2.